The molecule has 72 valence electrons. The third-order valence-corrected chi connectivity index (χ3v) is 2.62. The molecule has 1 aliphatic rings. The largest absolute Gasteiger partial charge is 0.328 e. The number of hydrogen-bond acceptors (Lipinski definition) is 2. The smallest absolute Gasteiger partial charge is 0.123 e. The second-order valence-electron chi connectivity index (χ2n) is 3.77. The summed E-state index contributed by atoms with van der Waals surface area (Å²) in [7, 11) is 0. The van der Waals surface area contributed by atoms with E-state index in [0.717, 1.165) is 19.4 Å². The fourth-order valence-corrected chi connectivity index (χ4v) is 1.68. The third kappa shape index (κ3) is 2.72. The van der Waals surface area contributed by atoms with Crippen molar-refractivity contribution in [3.63, 3.8) is 0 Å². The van der Waals surface area contributed by atoms with Gasteiger partial charge in [0.1, 0.15) is 5.67 Å². The van der Waals surface area contributed by atoms with Crippen molar-refractivity contribution in [2.24, 2.45) is 5.73 Å². The van der Waals surface area contributed by atoms with E-state index in [0.29, 0.717) is 19.4 Å². The van der Waals surface area contributed by atoms with E-state index in [1.165, 1.54) is 0 Å². The van der Waals surface area contributed by atoms with Crippen molar-refractivity contribution >= 4 is 0 Å². The monoisotopic (exact) mass is 174 g/mol. The summed E-state index contributed by atoms with van der Waals surface area (Å²) in [5.74, 6) is 0. The van der Waals surface area contributed by atoms with Gasteiger partial charge in [-0.2, -0.15) is 0 Å². The minimum atomic E-state index is -0.980. The fourth-order valence-electron chi connectivity index (χ4n) is 1.68. The van der Waals surface area contributed by atoms with Crippen LogP contribution >= 0.6 is 0 Å². The highest BCUT2D eigenvalue weighted by Crippen LogP contribution is 2.30. The topological polar surface area (TPSA) is 38.0 Å². The zero-order valence-corrected chi connectivity index (χ0v) is 7.78. The van der Waals surface area contributed by atoms with Crippen LogP contribution < -0.4 is 11.1 Å². The Morgan fingerprint density at radius 3 is 2.58 bits per heavy atom. The zero-order valence-electron chi connectivity index (χ0n) is 7.78. The lowest BCUT2D eigenvalue weighted by atomic mass is 9.84. The Morgan fingerprint density at radius 1 is 1.50 bits per heavy atom. The third-order valence-electron chi connectivity index (χ3n) is 2.62. The average Bonchev–Trinajstić information content (AvgIpc) is 2.08. The molecule has 1 rings (SSSR count). The van der Waals surface area contributed by atoms with Crippen molar-refractivity contribution in [2.75, 3.05) is 13.1 Å². The first-order chi connectivity index (χ1) is 5.66. The van der Waals surface area contributed by atoms with Crippen molar-refractivity contribution in [1.29, 1.82) is 0 Å². The van der Waals surface area contributed by atoms with Gasteiger partial charge in [0.15, 0.2) is 0 Å². The maximum absolute atomic E-state index is 13.8. The molecule has 0 aromatic rings. The number of alkyl halides is 1. The van der Waals surface area contributed by atoms with Gasteiger partial charge in [0, 0.05) is 12.6 Å². The summed E-state index contributed by atoms with van der Waals surface area (Å²) in [6.45, 7) is 3.34. The van der Waals surface area contributed by atoms with E-state index in [2.05, 4.69) is 5.32 Å². The highest BCUT2D eigenvalue weighted by molar-refractivity contribution is 4.88. The number of nitrogens with one attached hydrogen (secondary N) is 1. The highest BCUT2D eigenvalue weighted by Gasteiger charge is 2.33. The van der Waals surface area contributed by atoms with E-state index in [-0.39, 0.29) is 6.04 Å². The van der Waals surface area contributed by atoms with Crippen molar-refractivity contribution in [2.45, 2.75) is 44.3 Å². The molecule has 0 aromatic carbocycles. The van der Waals surface area contributed by atoms with Gasteiger partial charge >= 0.3 is 0 Å². The molecule has 1 fully saturated rings. The van der Waals surface area contributed by atoms with Crippen molar-refractivity contribution in [3.05, 3.63) is 0 Å². The number of rotatable bonds is 3. The van der Waals surface area contributed by atoms with Crippen LogP contribution in [0.5, 0.6) is 0 Å². The standard InChI is InChI=1S/C9H19FN2/c1-2-12-7-9(10)5-3-8(11)4-6-9/h8,12H,2-7,11H2,1H3. The van der Waals surface area contributed by atoms with Gasteiger partial charge in [0.05, 0.1) is 0 Å². The quantitative estimate of drug-likeness (QED) is 0.675. The molecule has 0 aromatic heterocycles. The number of nitrogens with two attached hydrogens (primary N) is 1. The maximum atomic E-state index is 13.8. The average molecular weight is 174 g/mol. The second kappa shape index (κ2) is 4.19. The molecule has 0 spiro atoms. The zero-order chi connectivity index (χ0) is 9.03. The van der Waals surface area contributed by atoms with Gasteiger partial charge in [-0.05, 0) is 32.2 Å². The van der Waals surface area contributed by atoms with Crippen LogP contribution in [0.25, 0.3) is 0 Å². The Kier molecular flexibility index (Phi) is 3.47. The van der Waals surface area contributed by atoms with E-state index in [9.17, 15) is 4.39 Å². The SMILES string of the molecule is CCNCC1(F)CCC(N)CC1. The Balaban J connectivity index is 2.29. The van der Waals surface area contributed by atoms with Crippen LogP contribution in [0.3, 0.4) is 0 Å². The molecule has 0 aliphatic heterocycles. The Bertz CT molecular complexity index is 125. The molecule has 0 amide bonds. The molecule has 3 N–H and O–H groups in total. The lowest BCUT2D eigenvalue weighted by molar-refractivity contribution is 0.0986. The molecule has 0 bridgehead atoms. The number of hydrogen-bond donors (Lipinski definition) is 2. The first kappa shape index (κ1) is 9.93. The van der Waals surface area contributed by atoms with Crippen LogP contribution in [-0.4, -0.2) is 24.8 Å². The summed E-state index contributed by atoms with van der Waals surface area (Å²) in [4.78, 5) is 0. The van der Waals surface area contributed by atoms with Crippen molar-refractivity contribution < 1.29 is 4.39 Å². The minimum Gasteiger partial charge on any atom is -0.328 e. The molecular weight excluding hydrogens is 155 g/mol. The van der Waals surface area contributed by atoms with Gasteiger partial charge in [-0.1, -0.05) is 6.92 Å². The van der Waals surface area contributed by atoms with E-state index in [1.807, 2.05) is 6.92 Å². The summed E-state index contributed by atoms with van der Waals surface area (Å²) < 4.78 is 13.8. The summed E-state index contributed by atoms with van der Waals surface area (Å²) in [6, 6.07) is 0.232. The number of halogens is 1. The molecule has 0 saturated heterocycles. The van der Waals surface area contributed by atoms with Gasteiger partial charge in [-0.25, -0.2) is 4.39 Å². The predicted molar refractivity (Wildman–Crippen MR) is 48.8 cm³/mol. The molecule has 0 atom stereocenters. The summed E-state index contributed by atoms with van der Waals surface area (Å²) in [6.07, 6.45) is 2.92. The molecule has 0 unspecified atom stereocenters. The Morgan fingerprint density at radius 2 is 2.08 bits per heavy atom. The summed E-state index contributed by atoms with van der Waals surface area (Å²) in [5, 5.41) is 3.06. The lowest BCUT2D eigenvalue weighted by Crippen LogP contribution is -2.42. The second-order valence-corrected chi connectivity index (χ2v) is 3.77. The normalized spacial score (nSPS) is 36.8. The van der Waals surface area contributed by atoms with Gasteiger partial charge in [0.25, 0.3) is 0 Å². The van der Waals surface area contributed by atoms with Gasteiger partial charge < -0.3 is 11.1 Å². The van der Waals surface area contributed by atoms with Crippen LogP contribution in [0, 0.1) is 0 Å². The molecule has 3 heteroatoms. The van der Waals surface area contributed by atoms with Crippen molar-refractivity contribution in [3.8, 4) is 0 Å². The van der Waals surface area contributed by atoms with Crippen LogP contribution in [-0.2, 0) is 0 Å². The highest BCUT2D eigenvalue weighted by atomic mass is 19.1. The van der Waals surface area contributed by atoms with Crippen LogP contribution in [0.4, 0.5) is 4.39 Å². The van der Waals surface area contributed by atoms with Crippen LogP contribution in [0.2, 0.25) is 0 Å². The fraction of sp³-hybridized carbons (Fsp3) is 1.00. The first-order valence-electron chi connectivity index (χ1n) is 4.81. The Hall–Kier alpha value is -0.150. The summed E-state index contributed by atoms with van der Waals surface area (Å²) in [5.41, 5.74) is 4.72. The molecule has 0 radical (unpaired) electrons. The van der Waals surface area contributed by atoms with Crippen LogP contribution in [0.15, 0.2) is 0 Å². The van der Waals surface area contributed by atoms with E-state index >= 15 is 0 Å². The summed E-state index contributed by atoms with van der Waals surface area (Å²) >= 11 is 0. The lowest BCUT2D eigenvalue weighted by Gasteiger charge is -2.32. The van der Waals surface area contributed by atoms with Gasteiger partial charge in [-0.15, -0.1) is 0 Å². The first-order valence-corrected chi connectivity index (χ1v) is 4.81. The molecule has 12 heavy (non-hydrogen) atoms. The van der Waals surface area contributed by atoms with Gasteiger partial charge in [0.2, 0.25) is 0 Å². The van der Waals surface area contributed by atoms with E-state index in [4.69, 9.17) is 5.73 Å². The molecule has 1 aliphatic carbocycles. The maximum Gasteiger partial charge on any atom is 0.123 e. The predicted octanol–water partition coefficient (Wildman–Crippen LogP) is 1.21. The van der Waals surface area contributed by atoms with Crippen LogP contribution in [0.1, 0.15) is 32.6 Å². The molecule has 2 nitrogen and oxygen atoms in total. The van der Waals surface area contributed by atoms with E-state index < -0.39 is 5.67 Å². The van der Waals surface area contributed by atoms with E-state index in [1.54, 1.807) is 0 Å². The van der Waals surface area contributed by atoms with Gasteiger partial charge in [-0.3, -0.25) is 0 Å². The molecular formula is C9H19FN2. The minimum absolute atomic E-state index is 0.232. The molecule has 0 heterocycles. The molecule has 1 saturated carbocycles. The Labute approximate surface area is 73.7 Å². The van der Waals surface area contributed by atoms with Crippen molar-refractivity contribution in [1.82, 2.24) is 5.32 Å².